The fraction of sp³-hybridized carbons (Fsp3) is 0.308. The Morgan fingerprint density at radius 3 is 2.72 bits per heavy atom. The highest BCUT2D eigenvalue weighted by atomic mass is 35.5. The molecule has 0 fully saturated rings. The van der Waals surface area contributed by atoms with E-state index in [2.05, 4.69) is 16.9 Å². The number of nitrogens with two attached hydrogens (primary N) is 1. The zero-order chi connectivity index (χ0) is 13.1. The highest BCUT2D eigenvalue weighted by Gasteiger charge is 2.12. The molecule has 0 saturated heterocycles. The molecule has 0 saturated carbocycles. The number of nitrogens with one attached hydrogen (secondary N) is 1. The largest absolute Gasteiger partial charge is 0.342 e. The summed E-state index contributed by atoms with van der Waals surface area (Å²) < 4.78 is 0. The minimum Gasteiger partial charge on any atom is -0.342 e. The molecule has 1 aromatic heterocycles. The zero-order valence-corrected chi connectivity index (χ0v) is 11.6. The monoisotopic (exact) mass is 283 g/mol. The second-order valence-electron chi connectivity index (χ2n) is 4.15. The maximum absolute atomic E-state index is 6.00. The lowest BCUT2D eigenvalue weighted by atomic mass is 10.1. The Labute approximate surface area is 116 Å². The Bertz CT molecular complexity index is 533. The lowest BCUT2D eigenvalue weighted by Gasteiger charge is -2.08. The summed E-state index contributed by atoms with van der Waals surface area (Å²) in [6, 6.07) is 5.51. The van der Waals surface area contributed by atoms with Crippen LogP contribution < -0.4 is 5.73 Å². The third-order valence-corrected chi connectivity index (χ3v) is 3.73. The third-order valence-electron chi connectivity index (χ3n) is 2.99. The summed E-state index contributed by atoms with van der Waals surface area (Å²) in [4.78, 5) is 7.66. The normalized spacial score (nSPS) is 12.7. The summed E-state index contributed by atoms with van der Waals surface area (Å²) in [5, 5.41) is 1.09. The number of aromatic amines is 1. The molecule has 3 N–H and O–H groups in total. The Balaban J connectivity index is 2.31. The Morgan fingerprint density at radius 2 is 2.11 bits per heavy atom. The maximum Gasteiger partial charge on any atom is 0.110 e. The fourth-order valence-corrected chi connectivity index (χ4v) is 2.12. The van der Waals surface area contributed by atoms with Crippen molar-refractivity contribution in [2.24, 2.45) is 5.73 Å². The van der Waals surface area contributed by atoms with Crippen molar-refractivity contribution in [2.75, 3.05) is 6.54 Å². The van der Waals surface area contributed by atoms with Gasteiger partial charge >= 0.3 is 0 Å². The van der Waals surface area contributed by atoms with Crippen molar-refractivity contribution in [3.8, 4) is 11.3 Å². The molecule has 2 rings (SSSR count). The topological polar surface area (TPSA) is 54.7 Å². The summed E-state index contributed by atoms with van der Waals surface area (Å²) in [5.41, 5.74) is 7.60. The summed E-state index contributed by atoms with van der Waals surface area (Å²) in [6.07, 6.45) is 2.76. The van der Waals surface area contributed by atoms with E-state index in [1.54, 1.807) is 12.3 Å². The van der Waals surface area contributed by atoms with Crippen molar-refractivity contribution in [2.45, 2.75) is 19.3 Å². The minimum absolute atomic E-state index is 0.265. The first kappa shape index (κ1) is 13.4. The molecule has 0 aliphatic carbocycles. The molecule has 0 aliphatic heterocycles. The number of nitrogens with zero attached hydrogens (tertiary/aromatic N) is 1. The number of H-pyrrole nitrogens is 1. The number of halogens is 2. The van der Waals surface area contributed by atoms with Crippen molar-refractivity contribution in [1.29, 1.82) is 0 Å². The van der Waals surface area contributed by atoms with Gasteiger partial charge in [0.2, 0.25) is 0 Å². The average molecular weight is 284 g/mol. The summed E-state index contributed by atoms with van der Waals surface area (Å²) in [6.45, 7) is 2.68. The van der Waals surface area contributed by atoms with Crippen molar-refractivity contribution in [3.05, 3.63) is 40.3 Å². The van der Waals surface area contributed by atoms with Crippen molar-refractivity contribution < 1.29 is 0 Å². The van der Waals surface area contributed by atoms with Crippen LogP contribution in [-0.4, -0.2) is 16.5 Å². The third kappa shape index (κ3) is 2.69. The molecule has 1 atom stereocenters. The molecule has 0 radical (unpaired) electrons. The van der Waals surface area contributed by atoms with E-state index in [1.165, 1.54) is 0 Å². The fourth-order valence-electron chi connectivity index (χ4n) is 1.83. The lowest BCUT2D eigenvalue weighted by molar-refractivity contribution is 0.639. The van der Waals surface area contributed by atoms with Gasteiger partial charge in [0.15, 0.2) is 0 Å². The van der Waals surface area contributed by atoms with E-state index in [9.17, 15) is 0 Å². The van der Waals surface area contributed by atoms with Crippen LogP contribution in [0.25, 0.3) is 11.3 Å². The second kappa shape index (κ2) is 5.74. The van der Waals surface area contributed by atoms with Crippen LogP contribution in [-0.2, 0) is 0 Å². The lowest BCUT2D eigenvalue weighted by Crippen LogP contribution is -2.12. The van der Waals surface area contributed by atoms with Crippen molar-refractivity contribution >= 4 is 23.2 Å². The van der Waals surface area contributed by atoms with Crippen LogP contribution in [0.1, 0.15) is 25.1 Å². The first-order valence-electron chi connectivity index (χ1n) is 5.86. The van der Waals surface area contributed by atoms with E-state index in [-0.39, 0.29) is 5.92 Å². The highest BCUT2D eigenvalue weighted by molar-refractivity contribution is 6.42. The molecule has 0 bridgehead atoms. The summed E-state index contributed by atoms with van der Waals surface area (Å²) in [5.74, 6) is 1.18. The van der Waals surface area contributed by atoms with E-state index >= 15 is 0 Å². The van der Waals surface area contributed by atoms with Crippen LogP contribution in [0, 0.1) is 0 Å². The molecule has 1 heterocycles. The predicted molar refractivity (Wildman–Crippen MR) is 76.1 cm³/mol. The van der Waals surface area contributed by atoms with Gasteiger partial charge in [0.05, 0.1) is 21.9 Å². The zero-order valence-electron chi connectivity index (χ0n) is 10.1. The van der Waals surface area contributed by atoms with Gasteiger partial charge in [-0.2, -0.15) is 0 Å². The molecule has 1 unspecified atom stereocenters. The quantitative estimate of drug-likeness (QED) is 0.896. The second-order valence-corrected chi connectivity index (χ2v) is 4.97. The molecule has 0 amide bonds. The number of aromatic nitrogens is 2. The number of rotatable bonds is 4. The van der Waals surface area contributed by atoms with Crippen LogP contribution in [0.2, 0.25) is 10.0 Å². The smallest absolute Gasteiger partial charge is 0.110 e. The first-order chi connectivity index (χ1) is 8.65. The molecule has 18 heavy (non-hydrogen) atoms. The van der Waals surface area contributed by atoms with E-state index in [0.29, 0.717) is 16.6 Å². The molecular weight excluding hydrogens is 269 g/mol. The SMILES string of the molecule is CCC(CN)c1ncc(-c2ccc(Cl)c(Cl)c2)[nH]1. The van der Waals surface area contributed by atoms with Crippen molar-refractivity contribution in [1.82, 2.24) is 9.97 Å². The summed E-state index contributed by atoms with van der Waals surface area (Å²) in [7, 11) is 0. The average Bonchev–Trinajstić information content (AvgIpc) is 2.84. The minimum atomic E-state index is 0.265. The highest BCUT2D eigenvalue weighted by Crippen LogP contribution is 2.28. The molecule has 0 spiro atoms. The van der Waals surface area contributed by atoms with Crippen LogP contribution in [0.4, 0.5) is 0 Å². The van der Waals surface area contributed by atoms with Gasteiger partial charge in [-0.3, -0.25) is 0 Å². The molecule has 3 nitrogen and oxygen atoms in total. The summed E-state index contributed by atoms with van der Waals surface area (Å²) >= 11 is 11.9. The number of hydrogen-bond donors (Lipinski definition) is 2. The van der Waals surface area contributed by atoms with Crippen LogP contribution in [0.15, 0.2) is 24.4 Å². The first-order valence-corrected chi connectivity index (χ1v) is 6.61. The molecule has 96 valence electrons. The van der Waals surface area contributed by atoms with Gasteiger partial charge in [0.1, 0.15) is 5.82 Å². The van der Waals surface area contributed by atoms with Crippen molar-refractivity contribution in [3.63, 3.8) is 0 Å². The Morgan fingerprint density at radius 1 is 1.33 bits per heavy atom. The van der Waals surface area contributed by atoms with Gasteiger partial charge < -0.3 is 10.7 Å². The van der Waals surface area contributed by atoms with Crippen LogP contribution >= 0.6 is 23.2 Å². The molecule has 2 aromatic rings. The predicted octanol–water partition coefficient (Wildman–Crippen LogP) is 3.84. The number of imidazole rings is 1. The van der Waals surface area contributed by atoms with Gasteiger partial charge in [0, 0.05) is 18.0 Å². The van der Waals surface area contributed by atoms with E-state index in [0.717, 1.165) is 23.5 Å². The van der Waals surface area contributed by atoms with E-state index in [1.807, 2.05) is 12.1 Å². The van der Waals surface area contributed by atoms with Gasteiger partial charge in [-0.25, -0.2) is 4.98 Å². The molecular formula is C13H15Cl2N3. The van der Waals surface area contributed by atoms with Gasteiger partial charge in [-0.05, 0) is 18.6 Å². The molecule has 0 aliphatic rings. The van der Waals surface area contributed by atoms with E-state index < -0.39 is 0 Å². The van der Waals surface area contributed by atoms with E-state index in [4.69, 9.17) is 28.9 Å². The molecule has 1 aromatic carbocycles. The van der Waals surface area contributed by atoms with Gasteiger partial charge in [-0.1, -0.05) is 36.2 Å². The molecule has 5 heteroatoms. The maximum atomic E-state index is 6.00. The number of benzene rings is 1. The van der Waals surface area contributed by atoms with Gasteiger partial charge in [0.25, 0.3) is 0 Å². The Kier molecular flexibility index (Phi) is 4.27. The standard InChI is InChI=1S/C13H15Cl2N3/c1-2-8(6-16)13-17-7-12(18-13)9-3-4-10(14)11(15)5-9/h3-5,7-8H,2,6,16H2,1H3,(H,17,18). The Hall–Kier alpha value is -1.03. The van der Waals surface area contributed by atoms with Crippen LogP contribution in [0.3, 0.4) is 0 Å². The number of hydrogen-bond acceptors (Lipinski definition) is 2. The van der Waals surface area contributed by atoms with Crippen LogP contribution in [0.5, 0.6) is 0 Å². The van der Waals surface area contributed by atoms with Gasteiger partial charge in [-0.15, -0.1) is 0 Å².